The molecule has 114 valence electrons. The van der Waals surface area contributed by atoms with Crippen LogP contribution in [0.3, 0.4) is 0 Å². The average molecular weight is 313 g/mol. The number of piperidine rings is 1. The Labute approximate surface area is 127 Å². The van der Waals surface area contributed by atoms with Crippen molar-refractivity contribution in [3.05, 3.63) is 29.3 Å². The highest BCUT2D eigenvalue weighted by Crippen LogP contribution is 2.16. The predicted octanol–water partition coefficient (Wildman–Crippen LogP) is 1.55. The van der Waals surface area contributed by atoms with Crippen LogP contribution in [-0.2, 0) is 9.59 Å². The Morgan fingerprint density at radius 1 is 1.29 bits per heavy atom. The molecule has 1 aliphatic heterocycles. The molecule has 2 N–H and O–H groups in total. The lowest BCUT2D eigenvalue weighted by molar-refractivity contribution is -0.143. The minimum atomic E-state index is -0.771. The SMILES string of the molecule is O=C(COc1ccc(Cl)cc1)NN1CCC(C(=O)O)CC1. The molecule has 0 unspecified atom stereocenters. The summed E-state index contributed by atoms with van der Waals surface area (Å²) >= 11 is 5.75. The largest absolute Gasteiger partial charge is 0.484 e. The maximum atomic E-state index is 11.7. The molecule has 0 bridgehead atoms. The third kappa shape index (κ3) is 4.91. The monoisotopic (exact) mass is 312 g/mol. The van der Waals surface area contributed by atoms with Gasteiger partial charge in [0.05, 0.1) is 5.92 Å². The number of benzene rings is 1. The number of nitrogens with zero attached hydrogens (tertiary/aromatic N) is 1. The molecular formula is C14H17ClN2O4. The molecule has 1 aliphatic rings. The minimum absolute atomic E-state index is 0.0967. The summed E-state index contributed by atoms with van der Waals surface area (Å²) in [7, 11) is 0. The maximum absolute atomic E-state index is 11.7. The second kappa shape index (κ2) is 7.28. The van der Waals surface area contributed by atoms with E-state index in [9.17, 15) is 9.59 Å². The third-order valence-corrected chi connectivity index (χ3v) is 3.56. The van der Waals surface area contributed by atoms with E-state index in [0.717, 1.165) is 0 Å². The van der Waals surface area contributed by atoms with Gasteiger partial charge in [-0.2, -0.15) is 0 Å². The van der Waals surface area contributed by atoms with Crippen molar-refractivity contribution in [3.63, 3.8) is 0 Å². The fourth-order valence-electron chi connectivity index (χ4n) is 2.13. The van der Waals surface area contributed by atoms with E-state index < -0.39 is 5.97 Å². The Kier molecular flexibility index (Phi) is 5.41. The van der Waals surface area contributed by atoms with E-state index in [1.807, 2.05) is 0 Å². The van der Waals surface area contributed by atoms with Crippen molar-refractivity contribution in [1.29, 1.82) is 0 Å². The number of ether oxygens (including phenoxy) is 1. The number of rotatable bonds is 5. The summed E-state index contributed by atoms with van der Waals surface area (Å²) in [4.78, 5) is 22.6. The molecule has 1 fully saturated rings. The lowest BCUT2D eigenvalue weighted by Crippen LogP contribution is -2.48. The number of amides is 1. The van der Waals surface area contributed by atoms with Gasteiger partial charge in [-0.1, -0.05) is 11.6 Å². The lowest BCUT2D eigenvalue weighted by atomic mass is 9.98. The van der Waals surface area contributed by atoms with E-state index >= 15 is 0 Å². The Hall–Kier alpha value is -1.79. The fraction of sp³-hybridized carbons (Fsp3) is 0.429. The summed E-state index contributed by atoms with van der Waals surface area (Å²) in [6.07, 6.45) is 1.07. The highest BCUT2D eigenvalue weighted by molar-refractivity contribution is 6.30. The first-order chi connectivity index (χ1) is 10.0. The maximum Gasteiger partial charge on any atom is 0.306 e. The van der Waals surface area contributed by atoms with Crippen molar-refractivity contribution in [1.82, 2.24) is 10.4 Å². The second-order valence-corrected chi connectivity index (χ2v) is 5.31. The third-order valence-electron chi connectivity index (χ3n) is 3.31. The van der Waals surface area contributed by atoms with Crippen LogP contribution < -0.4 is 10.2 Å². The summed E-state index contributed by atoms with van der Waals surface area (Å²) in [5, 5.41) is 11.2. The van der Waals surface area contributed by atoms with Gasteiger partial charge in [0.2, 0.25) is 0 Å². The molecular weight excluding hydrogens is 296 g/mol. The van der Waals surface area contributed by atoms with Crippen LogP contribution in [0.5, 0.6) is 5.75 Å². The van der Waals surface area contributed by atoms with Crippen molar-refractivity contribution in [2.45, 2.75) is 12.8 Å². The molecule has 0 radical (unpaired) electrons. The Balaban J connectivity index is 1.70. The van der Waals surface area contributed by atoms with E-state index in [1.165, 1.54) is 0 Å². The highest BCUT2D eigenvalue weighted by atomic mass is 35.5. The van der Waals surface area contributed by atoms with Gasteiger partial charge in [-0.05, 0) is 37.1 Å². The lowest BCUT2D eigenvalue weighted by Gasteiger charge is -2.30. The van der Waals surface area contributed by atoms with Crippen molar-refractivity contribution in [2.75, 3.05) is 19.7 Å². The van der Waals surface area contributed by atoms with Crippen LogP contribution in [-0.4, -0.2) is 41.7 Å². The number of nitrogens with one attached hydrogen (secondary N) is 1. The number of hydrazine groups is 1. The Morgan fingerprint density at radius 3 is 2.48 bits per heavy atom. The molecule has 21 heavy (non-hydrogen) atoms. The van der Waals surface area contributed by atoms with E-state index in [2.05, 4.69) is 5.43 Å². The van der Waals surface area contributed by atoms with E-state index in [-0.39, 0.29) is 18.4 Å². The number of carboxylic acid groups (broad SMARTS) is 1. The summed E-state index contributed by atoms with van der Waals surface area (Å²) < 4.78 is 5.33. The molecule has 1 saturated heterocycles. The van der Waals surface area contributed by atoms with E-state index in [0.29, 0.717) is 36.7 Å². The van der Waals surface area contributed by atoms with Crippen molar-refractivity contribution in [2.24, 2.45) is 5.92 Å². The van der Waals surface area contributed by atoms with Gasteiger partial charge in [-0.15, -0.1) is 0 Å². The molecule has 1 aromatic carbocycles. The molecule has 0 aromatic heterocycles. The molecule has 1 heterocycles. The highest BCUT2D eigenvalue weighted by Gasteiger charge is 2.25. The van der Waals surface area contributed by atoms with E-state index in [4.69, 9.17) is 21.4 Å². The van der Waals surface area contributed by atoms with Crippen LogP contribution >= 0.6 is 11.6 Å². The number of hydrogen-bond donors (Lipinski definition) is 2. The molecule has 7 heteroatoms. The number of halogens is 1. The summed E-state index contributed by atoms with van der Waals surface area (Å²) in [5.74, 6) is -0.784. The van der Waals surface area contributed by atoms with Crippen LogP contribution in [0, 0.1) is 5.92 Å². The zero-order chi connectivity index (χ0) is 15.2. The topological polar surface area (TPSA) is 78.9 Å². The number of carbonyl (C=O) groups is 2. The van der Waals surface area contributed by atoms with Gasteiger partial charge in [0.15, 0.2) is 6.61 Å². The van der Waals surface area contributed by atoms with Crippen LogP contribution in [0.25, 0.3) is 0 Å². The van der Waals surface area contributed by atoms with Gasteiger partial charge >= 0.3 is 5.97 Å². The zero-order valence-electron chi connectivity index (χ0n) is 11.4. The molecule has 0 spiro atoms. The predicted molar refractivity (Wildman–Crippen MR) is 77.0 cm³/mol. The van der Waals surface area contributed by atoms with Gasteiger partial charge in [0.25, 0.3) is 5.91 Å². The van der Waals surface area contributed by atoms with Gasteiger partial charge < -0.3 is 9.84 Å². The molecule has 0 aliphatic carbocycles. The number of hydrogen-bond acceptors (Lipinski definition) is 4. The fourth-order valence-corrected chi connectivity index (χ4v) is 2.25. The first-order valence-electron chi connectivity index (χ1n) is 6.70. The molecule has 1 aromatic rings. The van der Waals surface area contributed by atoms with Crippen LogP contribution in [0.1, 0.15) is 12.8 Å². The van der Waals surface area contributed by atoms with Crippen LogP contribution in [0.4, 0.5) is 0 Å². The smallest absolute Gasteiger partial charge is 0.306 e. The van der Waals surface area contributed by atoms with Gasteiger partial charge in [-0.25, -0.2) is 5.01 Å². The minimum Gasteiger partial charge on any atom is -0.484 e. The van der Waals surface area contributed by atoms with E-state index in [1.54, 1.807) is 29.3 Å². The second-order valence-electron chi connectivity index (χ2n) is 4.88. The molecule has 0 atom stereocenters. The number of aliphatic carboxylic acids is 1. The first-order valence-corrected chi connectivity index (χ1v) is 7.08. The average Bonchev–Trinajstić information content (AvgIpc) is 2.47. The quantitative estimate of drug-likeness (QED) is 0.862. The Morgan fingerprint density at radius 2 is 1.90 bits per heavy atom. The zero-order valence-corrected chi connectivity index (χ0v) is 12.2. The van der Waals surface area contributed by atoms with Crippen molar-refractivity contribution in [3.8, 4) is 5.75 Å². The number of carboxylic acids is 1. The summed E-state index contributed by atoms with van der Waals surface area (Å²) in [6.45, 7) is 0.966. The normalized spacial score (nSPS) is 16.4. The van der Waals surface area contributed by atoms with Crippen molar-refractivity contribution < 1.29 is 19.4 Å². The molecule has 0 saturated carbocycles. The number of carbonyl (C=O) groups excluding carboxylic acids is 1. The first kappa shape index (κ1) is 15.6. The molecule has 6 nitrogen and oxygen atoms in total. The summed E-state index contributed by atoms with van der Waals surface area (Å²) in [6, 6.07) is 6.75. The standard InChI is InChI=1S/C14H17ClN2O4/c15-11-1-3-12(4-2-11)21-9-13(18)16-17-7-5-10(6-8-17)14(19)20/h1-4,10H,5-9H2,(H,16,18)(H,19,20). The van der Waals surface area contributed by atoms with Gasteiger partial charge in [0.1, 0.15) is 5.75 Å². The molecule has 2 rings (SSSR count). The van der Waals surface area contributed by atoms with Gasteiger partial charge in [0, 0.05) is 18.1 Å². The summed E-state index contributed by atoms with van der Waals surface area (Å²) in [5.41, 5.74) is 2.71. The van der Waals surface area contributed by atoms with Gasteiger partial charge in [-0.3, -0.25) is 15.0 Å². The van der Waals surface area contributed by atoms with Crippen LogP contribution in [0.15, 0.2) is 24.3 Å². The Bertz CT molecular complexity index is 498. The van der Waals surface area contributed by atoms with Crippen molar-refractivity contribution >= 4 is 23.5 Å². The molecule has 1 amide bonds. The van der Waals surface area contributed by atoms with Crippen LogP contribution in [0.2, 0.25) is 5.02 Å².